The van der Waals surface area contributed by atoms with E-state index in [1.807, 2.05) is 31.7 Å². The van der Waals surface area contributed by atoms with Crippen LogP contribution in [0, 0.1) is 11.3 Å². The molecule has 1 atom stereocenters. The lowest BCUT2D eigenvalue weighted by Gasteiger charge is -2.30. The molecule has 0 amide bonds. The standard InChI is InChI=1S/C14H17F3N2/c1-4-10(3)19(5-2)13-7-6-12(14(15,16)17)8-11(13)9-18/h6-8,10H,4-5H2,1-3H3. The third-order valence-electron chi connectivity index (χ3n) is 3.22. The van der Waals surface area contributed by atoms with Crippen LogP contribution >= 0.6 is 0 Å². The smallest absolute Gasteiger partial charge is 0.368 e. The van der Waals surface area contributed by atoms with Crippen molar-refractivity contribution in [3.63, 3.8) is 0 Å². The number of nitrogens with zero attached hydrogens (tertiary/aromatic N) is 2. The largest absolute Gasteiger partial charge is 0.416 e. The molecular weight excluding hydrogens is 253 g/mol. The molecule has 5 heteroatoms. The molecule has 0 aliphatic heterocycles. The van der Waals surface area contributed by atoms with Crippen LogP contribution in [0.1, 0.15) is 38.3 Å². The number of halogens is 3. The number of hydrogen-bond donors (Lipinski definition) is 0. The molecule has 2 nitrogen and oxygen atoms in total. The van der Waals surface area contributed by atoms with Crippen LogP contribution in [0.15, 0.2) is 18.2 Å². The van der Waals surface area contributed by atoms with Crippen molar-refractivity contribution >= 4 is 5.69 Å². The third kappa shape index (κ3) is 3.40. The Balaban J connectivity index is 3.27. The topological polar surface area (TPSA) is 27.0 Å². The maximum atomic E-state index is 12.6. The molecule has 1 rings (SSSR count). The van der Waals surface area contributed by atoms with Crippen molar-refractivity contribution in [1.29, 1.82) is 5.26 Å². The zero-order valence-corrected chi connectivity index (χ0v) is 11.3. The molecule has 0 bridgehead atoms. The number of alkyl halides is 3. The molecule has 0 aliphatic carbocycles. The molecule has 0 aliphatic rings. The summed E-state index contributed by atoms with van der Waals surface area (Å²) in [5.74, 6) is 0. The Bertz CT molecular complexity index is 475. The van der Waals surface area contributed by atoms with Crippen molar-refractivity contribution in [2.75, 3.05) is 11.4 Å². The van der Waals surface area contributed by atoms with E-state index in [-0.39, 0.29) is 11.6 Å². The minimum Gasteiger partial charge on any atom is -0.368 e. The molecule has 104 valence electrons. The lowest BCUT2D eigenvalue weighted by molar-refractivity contribution is -0.137. The molecule has 0 aromatic heterocycles. The van der Waals surface area contributed by atoms with Crippen molar-refractivity contribution in [2.45, 2.75) is 39.4 Å². The Hall–Kier alpha value is -1.70. The van der Waals surface area contributed by atoms with Gasteiger partial charge >= 0.3 is 6.18 Å². The van der Waals surface area contributed by atoms with Crippen LogP contribution in [0.4, 0.5) is 18.9 Å². The number of rotatable bonds is 4. The number of hydrogen-bond acceptors (Lipinski definition) is 2. The summed E-state index contributed by atoms with van der Waals surface area (Å²) in [7, 11) is 0. The Morgan fingerprint density at radius 2 is 1.95 bits per heavy atom. The summed E-state index contributed by atoms with van der Waals surface area (Å²) in [6, 6.07) is 5.37. The maximum Gasteiger partial charge on any atom is 0.416 e. The molecular formula is C14H17F3N2. The van der Waals surface area contributed by atoms with Gasteiger partial charge in [-0.3, -0.25) is 0 Å². The monoisotopic (exact) mass is 270 g/mol. The SMILES string of the molecule is CCC(C)N(CC)c1ccc(C(F)(F)F)cc1C#N. The van der Waals surface area contributed by atoms with E-state index in [0.717, 1.165) is 18.6 Å². The number of anilines is 1. The van der Waals surface area contributed by atoms with Crippen molar-refractivity contribution in [2.24, 2.45) is 0 Å². The predicted octanol–water partition coefficient (Wildman–Crippen LogP) is 4.20. The minimum absolute atomic E-state index is 0.0666. The number of benzene rings is 1. The van der Waals surface area contributed by atoms with Crippen LogP contribution in [0.25, 0.3) is 0 Å². The van der Waals surface area contributed by atoms with E-state index in [4.69, 9.17) is 5.26 Å². The highest BCUT2D eigenvalue weighted by atomic mass is 19.4. The lowest BCUT2D eigenvalue weighted by atomic mass is 10.1. The van der Waals surface area contributed by atoms with E-state index in [0.29, 0.717) is 12.2 Å². The highest BCUT2D eigenvalue weighted by molar-refractivity contribution is 5.61. The second-order valence-corrected chi connectivity index (χ2v) is 4.38. The Morgan fingerprint density at radius 1 is 1.32 bits per heavy atom. The first-order valence-corrected chi connectivity index (χ1v) is 6.23. The highest BCUT2D eigenvalue weighted by Gasteiger charge is 2.31. The highest BCUT2D eigenvalue weighted by Crippen LogP contribution is 2.33. The fourth-order valence-corrected chi connectivity index (χ4v) is 1.99. The second-order valence-electron chi connectivity index (χ2n) is 4.38. The second kappa shape index (κ2) is 5.96. The van der Waals surface area contributed by atoms with E-state index in [9.17, 15) is 13.2 Å². The third-order valence-corrected chi connectivity index (χ3v) is 3.22. The predicted molar refractivity (Wildman–Crippen MR) is 68.9 cm³/mol. The lowest BCUT2D eigenvalue weighted by Crippen LogP contribution is -2.33. The van der Waals surface area contributed by atoms with Crippen LogP contribution in [0.2, 0.25) is 0 Å². The molecule has 0 spiro atoms. The Labute approximate surface area is 111 Å². The molecule has 1 unspecified atom stereocenters. The van der Waals surface area contributed by atoms with Gasteiger partial charge in [0.2, 0.25) is 0 Å². The van der Waals surface area contributed by atoms with Crippen LogP contribution in [0.5, 0.6) is 0 Å². The molecule has 0 saturated heterocycles. The van der Waals surface area contributed by atoms with Crippen molar-refractivity contribution in [3.05, 3.63) is 29.3 Å². The molecule has 0 radical (unpaired) electrons. The van der Waals surface area contributed by atoms with Gasteiger partial charge in [-0.25, -0.2) is 0 Å². The first kappa shape index (κ1) is 15.4. The van der Waals surface area contributed by atoms with Crippen LogP contribution < -0.4 is 4.90 Å². The van der Waals surface area contributed by atoms with Crippen molar-refractivity contribution in [3.8, 4) is 6.07 Å². The van der Waals surface area contributed by atoms with E-state index in [1.54, 1.807) is 0 Å². The van der Waals surface area contributed by atoms with E-state index < -0.39 is 11.7 Å². The minimum atomic E-state index is -4.42. The molecule has 0 saturated carbocycles. The summed E-state index contributed by atoms with van der Waals surface area (Å²) in [4.78, 5) is 1.94. The first-order chi connectivity index (χ1) is 8.85. The summed E-state index contributed by atoms with van der Waals surface area (Å²) >= 11 is 0. The van der Waals surface area contributed by atoms with Crippen molar-refractivity contribution in [1.82, 2.24) is 0 Å². The molecule has 0 fully saturated rings. The average Bonchev–Trinajstić information content (AvgIpc) is 2.38. The molecule has 19 heavy (non-hydrogen) atoms. The molecule has 1 aromatic rings. The van der Waals surface area contributed by atoms with Gasteiger partial charge in [0.05, 0.1) is 16.8 Å². The molecule has 0 heterocycles. The van der Waals surface area contributed by atoms with Crippen LogP contribution in [-0.2, 0) is 6.18 Å². The van der Waals surface area contributed by atoms with E-state index >= 15 is 0 Å². The van der Waals surface area contributed by atoms with E-state index in [2.05, 4.69) is 0 Å². The quantitative estimate of drug-likeness (QED) is 0.819. The zero-order valence-electron chi connectivity index (χ0n) is 11.3. The summed E-state index contributed by atoms with van der Waals surface area (Å²) in [5, 5.41) is 9.06. The molecule has 1 aromatic carbocycles. The summed E-state index contributed by atoms with van der Waals surface area (Å²) in [6.07, 6.45) is -3.56. The van der Waals surface area contributed by atoms with Gasteiger partial charge < -0.3 is 4.90 Å². The molecule has 0 N–H and O–H groups in total. The Kier molecular flexibility index (Phi) is 4.82. The first-order valence-electron chi connectivity index (χ1n) is 6.23. The van der Waals surface area contributed by atoms with Gasteiger partial charge in [-0.1, -0.05) is 6.92 Å². The summed E-state index contributed by atoms with van der Waals surface area (Å²) in [6.45, 7) is 6.56. The van der Waals surface area contributed by atoms with Gasteiger partial charge in [-0.05, 0) is 38.5 Å². The summed E-state index contributed by atoms with van der Waals surface area (Å²) in [5.41, 5.74) is -0.155. The fourth-order valence-electron chi connectivity index (χ4n) is 1.99. The zero-order chi connectivity index (χ0) is 14.6. The van der Waals surface area contributed by atoms with Crippen LogP contribution in [0.3, 0.4) is 0 Å². The van der Waals surface area contributed by atoms with E-state index in [1.165, 1.54) is 6.07 Å². The van der Waals surface area contributed by atoms with Gasteiger partial charge in [0.25, 0.3) is 0 Å². The van der Waals surface area contributed by atoms with Gasteiger partial charge in [0.15, 0.2) is 0 Å². The summed E-state index contributed by atoms with van der Waals surface area (Å²) < 4.78 is 37.9. The van der Waals surface area contributed by atoms with Gasteiger partial charge in [0, 0.05) is 12.6 Å². The van der Waals surface area contributed by atoms with Crippen molar-refractivity contribution < 1.29 is 13.2 Å². The maximum absolute atomic E-state index is 12.6. The van der Waals surface area contributed by atoms with Gasteiger partial charge in [0.1, 0.15) is 6.07 Å². The Morgan fingerprint density at radius 3 is 2.37 bits per heavy atom. The number of nitriles is 1. The van der Waals surface area contributed by atoms with Gasteiger partial charge in [-0.2, -0.15) is 18.4 Å². The van der Waals surface area contributed by atoms with Crippen LogP contribution in [-0.4, -0.2) is 12.6 Å². The average molecular weight is 270 g/mol. The fraction of sp³-hybridized carbons (Fsp3) is 0.500. The normalized spacial score (nSPS) is 12.9. The van der Waals surface area contributed by atoms with Gasteiger partial charge in [-0.15, -0.1) is 0 Å².